The largest absolute Gasteiger partial charge is 0.388 e. The summed E-state index contributed by atoms with van der Waals surface area (Å²) in [6.45, 7) is 0.448. The van der Waals surface area contributed by atoms with Crippen LogP contribution in [0.15, 0.2) is 12.2 Å². The fourth-order valence-corrected chi connectivity index (χ4v) is 3.85. The quantitative estimate of drug-likeness (QED) is 0.752. The zero-order chi connectivity index (χ0) is 12.6. The van der Waals surface area contributed by atoms with Crippen molar-refractivity contribution in [1.82, 2.24) is 5.32 Å². The molecule has 3 nitrogen and oxygen atoms in total. The van der Waals surface area contributed by atoms with Crippen LogP contribution in [0.2, 0.25) is 0 Å². The maximum absolute atomic E-state index is 12.2. The third-order valence-electron chi connectivity index (χ3n) is 4.99. The van der Waals surface area contributed by atoms with Gasteiger partial charge in [-0.3, -0.25) is 4.79 Å². The monoisotopic (exact) mass is 249 g/mol. The van der Waals surface area contributed by atoms with E-state index in [9.17, 15) is 9.90 Å². The Morgan fingerprint density at radius 3 is 2.61 bits per heavy atom. The number of aliphatic hydroxyl groups is 1. The fourth-order valence-electron chi connectivity index (χ4n) is 3.85. The summed E-state index contributed by atoms with van der Waals surface area (Å²) in [7, 11) is 0. The second kappa shape index (κ2) is 4.69. The summed E-state index contributed by atoms with van der Waals surface area (Å²) >= 11 is 0. The van der Waals surface area contributed by atoms with Crippen LogP contribution in [0, 0.1) is 17.8 Å². The van der Waals surface area contributed by atoms with Gasteiger partial charge in [-0.15, -0.1) is 0 Å². The molecule has 0 heterocycles. The lowest BCUT2D eigenvalue weighted by Gasteiger charge is -2.32. The molecule has 0 spiro atoms. The molecule has 0 saturated heterocycles. The number of allylic oxidation sites excluding steroid dienone is 2. The molecule has 0 aromatic carbocycles. The minimum Gasteiger partial charge on any atom is -0.388 e. The van der Waals surface area contributed by atoms with Crippen LogP contribution in [0.25, 0.3) is 0 Å². The molecule has 2 fully saturated rings. The van der Waals surface area contributed by atoms with E-state index in [1.54, 1.807) is 0 Å². The topological polar surface area (TPSA) is 49.3 Å². The zero-order valence-electron chi connectivity index (χ0n) is 10.9. The molecule has 3 heteroatoms. The first kappa shape index (κ1) is 12.2. The van der Waals surface area contributed by atoms with Gasteiger partial charge in [0.25, 0.3) is 0 Å². The van der Waals surface area contributed by atoms with Gasteiger partial charge >= 0.3 is 0 Å². The minimum atomic E-state index is -0.638. The van der Waals surface area contributed by atoms with E-state index in [0.29, 0.717) is 18.4 Å². The number of hydrogen-bond donors (Lipinski definition) is 2. The predicted octanol–water partition coefficient (Wildman–Crippen LogP) is 2.01. The van der Waals surface area contributed by atoms with Crippen molar-refractivity contribution in [1.29, 1.82) is 0 Å². The molecule has 0 aliphatic heterocycles. The highest BCUT2D eigenvalue weighted by Crippen LogP contribution is 2.43. The first-order valence-corrected chi connectivity index (χ1v) is 7.35. The van der Waals surface area contributed by atoms with Crippen molar-refractivity contribution < 1.29 is 9.90 Å². The van der Waals surface area contributed by atoms with Crippen molar-refractivity contribution >= 4 is 5.91 Å². The van der Waals surface area contributed by atoms with Gasteiger partial charge in [0.05, 0.1) is 5.60 Å². The molecule has 1 amide bonds. The SMILES string of the molecule is O=C(NCC1(O)CCCCC1)C1CC2C=CC1C2. The molecular formula is C15H23NO2. The smallest absolute Gasteiger partial charge is 0.223 e. The standard InChI is InChI=1S/C15H23NO2/c17-14(13-9-11-4-5-12(13)8-11)16-10-15(18)6-2-1-3-7-15/h4-5,11-13,18H,1-3,6-10H2,(H,16,17). The predicted molar refractivity (Wildman–Crippen MR) is 69.9 cm³/mol. The number of carbonyl (C=O) groups excluding carboxylic acids is 1. The van der Waals surface area contributed by atoms with Gasteiger partial charge in [0.1, 0.15) is 0 Å². The molecule has 18 heavy (non-hydrogen) atoms. The average molecular weight is 249 g/mol. The molecule has 3 unspecified atom stereocenters. The highest BCUT2D eigenvalue weighted by atomic mass is 16.3. The highest BCUT2D eigenvalue weighted by molar-refractivity contribution is 5.80. The summed E-state index contributed by atoms with van der Waals surface area (Å²) < 4.78 is 0. The van der Waals surface area contributed by atoms with Crippen molar-refractivity contribution in [3.63, 3.8) is 0 Å². The zero-order valence-corrected chi connectivity index (χ0v) is 10.9. The number of rotatable bonds is 3. The van der Waals surface area contributed by atoms with E-state index in [1.165, 1.54) is 6.42 Å². The Morgan fingerprint density at radius 1 is 1.22 bits per heavy atom. The van der Waals surface area contributed by atoms with E-state index >= 15 is 0 Å². The van der Waals surface area contributed by atoms with Gasteiger partial charge in [0.2, 0.25) is 5.91 Å². The summed E-state index contributed by atoms with van der Waals surface area (Å²) in [5.74, 6) is 1.40. The Labute approximate surface area is 109 Å². The third kappa shape index (κ3) is 2.33. The lowest BCUT2D eigenvalue weighted by atomic mass is 9.84. The van der Waals surface area contributed by atoms with Crippen molar-refractivity contribution in [2.75, 3.05) is 6.54 Å². The maximum atomic E-state index is 12.2. The van der Waals surface area contributed by atoms with Crippen LogP contribution in [0.5, 0.6) is 0 Å². The highest BCUT2D eigenvalue weighted by Gasteiger charge is 2.40. The summed E-state index contributed by atoms with van der Waals surface area (Å²) in [5, 5.41) is 13.4. The Kier molecular flexibility index (Phi) is 3.18. The van der Waals surface area contributed by atoms with Gasteiger partial charge in [-0.1, -0.05) is 31.4 Å². The first-order valence-electron chi connectivity index (χ1n) is 7.35. The summed E-state index contributed by atoms with van der Waals surface area (Å²) in [5.41, 5.74) is -0.638. The molecule has 0 radical (unpaired) electrons. The van der Waals surface area contributed by atoms with E-state index in [0.717, 1.165) is 38.5 Å². The first-order chi connectivity index (χ1) is 8.66. The van der Waals surface area contributed by atoms with Gasteiger partial charge in [-0.05, 0) is 37.5 Å². The number of amides is 1. The Balaban J connectivity index is 1.51. The van der Waals surface area contributed by atoms with E-state index in [1.807, 2.05) is 0 Å². The molecule has 2 bridgehead atoms. The van der Waals surface area contributed by atoms with Gasteiger partial charge < -0.3 is 10.4 Å². The van der Waals surface area contributed by atoms with Crippen molar-refractivity contribution in [2.45, 2.75) is 50.5 Å². The normalized spacial score (nSPS) is 36.8. The number of nitrogens with one attached hydrogen (secondary N) is 1. The van der Waals surface area contributed by atoms with Gasteiger partial charge in [0, 0.05) is 12.5 Å². The van der Waals surface area contributed by atoms with E-state index in [2.05, 4.69) is 17.5 Å². The molecule has 3 aliphatic carbocycles. The lowest BCUT2D eigenvalue weighted by molar-refractivity contribution is -0.127. The summed E-state index contributed by atoms with van der Waals surface area (Å²) in [6, 6.07) is 0. The molecule has 100 valence electrons. The second-order valence-corrected chi connectivity index (χ2v) is 6.39. The molecule has 2 N–H and O–H groups in total. The van der Waals surface area contributed by atoms with E-state index in [4.69, 9.17) is 0 Å². The van der Waals surface area contributed by atoms with Crippen LogP contribution in [0.3, 0.4) is 0 Å². The van der Waals surface area contributed by atoms with Gasteiger partial charge in [0.15, 0.2) is 0 Å². The van der Waals surface area contributed by atoms with Crippen molar-refractivity contribution in [3.8, 4) is 0 Å². The minimum absolute atomic E-state index is 0.158. The molecule has 0 aromatic rings. The van der Waals surface area contributed by atoms with Crippen molar-refractivity contribution in [2.24, 2.45) is 17.8 Å². The lowest BCUT2D eigenvalue weighted by Crippen LogP contribution is -2.46. The molecule has 3 atom stereocenters. The molecule has 3 aliphatic rings. The Morgan fingerprint density at radius 2 is 2.00 bits per heavy atom. The Hall–Kier alpha value is -0.830. The van der Waals surface area contributed by atoms with Crippen LogP contribution >= 0.6 is 0 Å². The Bertz CT molecular complexity index is 358. The van der Waals surface area contributed by atoms with E-state index in [-0.39, 0.29) is 11.8 Å². The van der Waals surface area contributed by atoms with Crippen LogP contribution in [-0.2, 0) is 4.79 Å². The molecule has 2 saturated carbocycles. The molecular weight excluding hydrogens is 226 g/mol. The molecule has 3 rings (SSSR count). The maximum Gasteiger partial charge on any atom is 0.223 e. The number of hydrogen-bond acceptors (Lipinski definition) is 2. The van der Waals surface area contributed by atoms with Crippen LogP contribution < -0.4 is 5.32 Å². The van der Waals surface area contributed by atoms with E-state index < -0.39 is 5.60 Å². The number of fused-ring (bicyclic) bond motifs is 2. The molecule has 0 aromatic heterocycles. The summed E-state index contributed by atoms with van der Waals surface area (Å²) in [6.07, 6.45) is 11.7. The van der Waals surface area contributed by atoms with Crippen molar-refractivity contribution in [3.05, 3.63) is 12.2 Å². The third-order valence-corrected chi connectivity index (χ3v) is 4.99. The second-order valence-electron chi connectivity index (χ2n) is 6.39. The van der Waals surface area contributed by atoms with Crippen LogP contribution in [0.1, 0.15) is 44.9 Å². The van der Waals surface area contributed by atoms with Gasteiger partial charge in [-0.25, -0.2) is 0 Å². The average Bonchev–Trinajstić information content (AvgIpc) is 2.99. The van der Waals surface area contributed by atoms with Gasteiger partial charge in [-0.2, -0.15) is 0 Å². The summed E-state index contributed by atoms with van der Waals surface area (Å²) in [4.78, 5) is 12.2. The fraction of sp³-hybridized carbons (Fsp3) is 0.800. The number of carbonyl (C=O) groups is 1. The van der Waals surface area contributed by atoms with Crippen LogP contribution in [0.4, 0.5) is 0 Å². The van der Waals surface area contributed by atoms with Crippen LogP contribution in [-0.4, -0.2) is 23.2 Å².